The second-order valence-corrected chi connectivity index (χ2v) is 9.15. The number of carbonyl (C=O) groups is 1. The molecule has 0 unspecified atom stereocenters. The highest BCUT2D eigenvalue weighted by molar-refractivity contribution is 7.89. The van der Waals surface area contributed by atoms with Crippen LogP contribution in [-0.4, -0.2) is 45.0 Å². The van der Waals surface area contributed by atoms with Crippen molar-refractivity contribution in [2.75, 3.05) is 26.3 Å². The number of sulfonamides is 1. The number of hydrogen-bond acceptors (Lipinski definition) is 5. The summed E-state index contributed by atoms with van der Waals surface area (Å²) in [7, 11) is -3.61. The minimum absolute atomic E-state index is 0.0782. The average Bonchev–Trinajstić information content (AvgIpc) is 2.73. The Morgan fingerprint density at radius 3 is 2.34 bits per heavy atom. The molecule has 0 aliphatic carbocycles. The van der Waals surface area contributed by atoms with Crippen molar-refractivity contribution >= 4 is 16.0 Å². The molecule has 0 radical (unpaired) electrons. The number of rotatable bonds is 7. The summed E-state index contributed by atoms with van der Waals surface area (Å²) in [4.78, 5) is 12.6. The molecule has 7 heteroatoms. The molecule has 0 atom stereocenters. The lowest BCUT2D eigenvalue weighted by atomic mass is 10.1. The molecule has 0 saturated carbocycles. The van der Waals surface area contributed by atoms with Crippen molar-refractivity contribution in [2.24, 2.45) is 0 Å². The summed E-state index contributed by atoms with van der Waals surface area (Å²) < 4.78 is 38.3. The van der Waals surface area contributed by atoms with Crippen LogP contribution >= 0.6 is 0 Å². The lowest BCUT2D eigenvalue weighted by molar-refractivity contribution is 0.0450. The van der Waals surface area contributed by atoms with Gasteiger partial charge in [0.15, 0.2) is 0 Å². The van der Waals surface area contributed by atoms with E-state index >= 15 is 0 Å². The highest BCUT2D eigenvalue weighted by Gasteiger charge is 2.28. The van der Waals surface area contributed by atoms with Gasteiger partial charge >= 0.3 is 5.97 Å². The molecule has 1 fully saturated rings. The topological polar surface area (TPSA) is 72.9 Å². The van der Waals surface area contributed by atoms with Crippen LogP contribution in [0.4, 0.5) is 0 Å². The van der Waals surface area contributed by atoms with Gasteiger partial charge in [0.2, 0.25) is 10.0 Å². The molecule has 3 rings (SSSR count). The molecule has 0 amide bonds. The monoisotopic (exact) mass is 417 g/mol. The predicted octanol–water partition coefficient (Wildman–Crippen LogP) is 3.71. The number of ether oxygens (including phenoxy) is 2. The summed E-state index contributed by atoms with van der Waals surface area (Å²) in [5, 5.41) is 0. The van der Waals surface area contributed by atoms with E-state index in [0.29, 0.717) is 24.4 Å². The van der Waals surface area contributed by atoms with E-state index in [1.165, 1.54) is 10.4 Å². The van der Waals surface area contributed by atoms with Gasteiger partial charge in [-0.05, 0) is 56.5 Å². The Morgan fingerprint density at radius 2 is 1.66 bits per heavy atom. The van der Waals surface area contributed by atoms with Crippen molar-refractivity contribution < 1.29 is 22.7 Å². The van der Waals surface area contributed by atoms with Gasteiger partial charge in [0.25, 0.3) is 0 Å². The number of benzene rings is 2. The van der Waals surface area contributed by atoms with E-state index in [4.69, 9.17) is 9.47 Å². The molecule has 1 saturated heterocycles. The standard InChI is InChI=1S/C22H27NO5S/c1-17-6-10-20(11-7-17)27-14-15-28-22(24)19-9-8-18(2)21(16-19)29(25,26)23-12-4-3-5-13-23/h6-11,16H,3-5,12-15H2,1-2H3. The largest absolute Gasteiger partial charge is 0.490 e. The van der Waals surface area contributed by atoms with Crippen LogP contribution in [0.5, 0.6) is 5.75 Å². The summed E-state index contributed by atoms with van der Waals surface area (Å²) in [6.45, 7) is 5.07. The Labute approximate surface area is 172 Å². The van der Waals surface area contributed by atoms with Crippen molar-refractivity contribution in [3.05, 3.63) is 59.2 Å². The fourth-order valence-corrected chi connectivity index (χ4v) is 5.03. The van der Waals surface area contributed by atoms with Gasteiger partial charge in [0, 0.05) is 13.1 Å². The first-order valence-electron chi connectivity index (χ1n) is 9.85. The van der Waals surface area contributed by atoms with Crippen molar-refractivity contribution in [1.29, 1.82) is 0 Å². The Balaban J connectivity index is 1.62. The lowest BCUT2D eigenvalue weighted by Gasteiger charge is -2.26. The maximum absolute atomic E-state index is 13.0. The zero-order valence-corrected chi connectivity index (χ0v) is 17.7. The second kappa shape index (κ2) is 9.41. The average molecular weight is 418 g/mol. The van der Waals surface area contributed by atoms with E-state index in [0.717, 1.165) is 24.8 Å². The fraction of sp³-hybridized carbons (Fsp3) is 0.409. The van der Waals surface area contributed by atoms with Crippen LogP contribution in [0.1, 0.15) is 40.7 Å². The van der Waals surface area contributed by atoms with Crippen LogP contribution in [0.3, 0.4) is 0 Å². The molecule has 0 aromatic heterocycles. The van der Waals surface area contributed by atoms with Crippen molar-refractivity contribution in [3.63, 3.8) is 0 Å². The summed E-state index contributed by atoms with van der Waals surface area (Å²) in [5.41, 5.74) is 1.98. The van der Waals surface area contributed by atoms with Gasteiger partial charge in [-0.1, -0.05) is 30.2 Å². The first kappa shape index (κ1) is 21.3. The maximum atomic E-state index is 13.0. The number of esters is 1. The molecule has 2 aromatic carbocycles. The van der Waals surface area contributed by atoms with Gasteiger partial charge in [-0.3, -0.25) is 0 Å². The molecular formula is C22H27NO5S. The van der Waals surface area contributed by atoms with E-state index < -0.39 is 16.0 Å². The van der Waals surface area contributed by atoms with Crippen LogP contribution in [0.15, 0.2) is 47.4 Å². The third kappa shape index (κ3) is 5.36. The van der Waals surface area contributed by atoms with Gasteiger partial charge in [-0.25, -0.2) is 13.2 Å². The fourth-order valence-electron chi connectivity index (χ4n) is 3.26. The molecule has 6 nitrogen and oxygen atoms in total. The Morgan fingerprint density at radius 1 is 0.966 bits per heavy atom. The maximum Gasteiger partial charge on any atom is 0.338 e. The highest BCUT2D eigenvalue weighted by Crippen LogP contribution is 2.24. The number of hydrogen-bond donors (Lipinski definition) is 0. The number of carbonyl (C=O) groups excluding carboxylic acids is 1. The number of piperidine rings is 1. The summed E-state index contributed by atoms with van der Waals surface area (Å²) in [6.07, 6.45) is 2.77. The predicted molar refractivity (Wildman–Crippen MR) is 111 cm³/mol. The van der Waals surface area contributed by atoms with Gasteiger partial charge < -0.3 is 9.47 Å². The minimum Gasteiger partial charge on any atom is -0.490 e. The molecule has 0 spiro atoms. The normalized spacial score (nSPS) is 15.1. The van der Waals surface area contributed by atoms with E-state index in [1.54, 1.807) is 19.1 Å². The Kier molecular flexibility index (Phi) is 6.92. The summed E-state index contributed by atoms with van der Waals surface area (Å²) in [5.74, 6) is 0.143. The molecule has 29 heavy (non-hydrogen) atoms. The Hall–Kier alpha value is -2.38. The van der Waals surface area contributed by atoms with Crippen LogP contribution < -0.4 is 4.74 Å². The molecular weight excluding hydrogens is 390 g/mol. The zero-order valence-electron chi connectivity index (χ0n) is 16.9. The second-order valence-electron chi connectivity index (χ2n) is 7.24. The van der Waals surface area contributed by atoms with Crippen molar-refractivity contribution in [2.45, 2.75) is 38.0 Å². The minimum atomic E-state index is -3.61. The summed E-state index contributed by atoms with van der Waals surface area (Å²) >= 11 is 0. The Bertz CT molecular complexity index is 948. The number of aryl methyl sites for hydroxylation is 2. The molecule has 0 N–H and O–H groups in total. The van der Waals surface area contributed by atoms with Crippen molar-refractivity contribution in [3.8, 4) is 5.75 Å². The zero-order chi connectivity index (χ0) is 20.9. The van der Waals surface area contributed by atoms with Crippen LogP contribution in [-0.2, 0) is 14.8 Å². The van der Waals surface area contributed by atoms with E-state index in [2.05, 4.69) is 0 Å². The van der Waals surface area contributed by atoms with Crippen molar-refractivity contribution in [1.82, 2.24) is 4.31 Å². The lowest BCUT2D eigenvalue weighted by Crippen LogP contribution is -2.36. The van der Waals surface area contributed by atoms with E-state index in [1.807, 2.05) is 31.2 Å². The van der Waals surface area contributed by atoms with Gasteiger partial charge in [-0.2, -0.15) is 4.31 Å². The first-order valence-corrected chi connectivity index (χ1v) is 11.3. The summed E-state index contributed by atoms with van der Waals surface area (Å²) in [6, 6.07) is 12.3. The van der Waals surface area contributed by atoms with Gasteiger partial charge in [0.05, 0.1) is 10.5 Å². The third-order valence-electron chi connectivity index (χ3n) is 4.96. The highest BCUT2D eigenvalue weighted by atomic mass is 32.2. The van der Waals surface area contributed by atoms with Gasteiger partial charge in [0.1, 0.15) is 19.0 Å². The molecule has 1 aliphatic rings. The SMILES string of the molecule is Cc1ccc(OCCOC(=O)c2ccc(C)c(S(=O)(=O)N3CCCCC3)c2)cc1. The molecule has 0 bridgehead atoms. The quantitative estimate of drug-likeness (QED) is 0.507. The molecule has 2 aromatic rings. The van der Waals surface area contributed by atoms with E-state index in [-0.39, 0.29) is 23.7 Å². The smallest absolute Gasteiger partial charge is 0.338 e. The third-order valence-corrected chi connectivity index (χ3v) is 7.00. The van der Waals surface area contributed by atoms with Crippen LogP contribution in [0.2, 0.25) is 0 Å². The molecule has 156 valence electrons. The van der Waals surface area contributed by atoms with Gasteiger partial charge in [-0.15, -0.1) is 0 Å². The van der Waals surface area contributed by atoms with Crippen LogP contribution in [0.25, 0.3) is 0 Å². The van der Waals surface area contributed by atoms with E-state index in [9.17, 15) is 13.2 Å². The molecule has 1 aliphatic heterocycles. The van der Waals surface area contributed by atoms with Crippen LogP contribution in [0, 0.1) is 13.8 Å². The first-order chi connectivity index (χ1) is 13.9. The molecule has 1 heterocycles. The number of nitrogens with zero attached hydrogens (tertiary/aromatic N) is 1.